The van der Waals surface area contributed by atoms with Crippen molar-refractivity contribution in [1.29, 1.82) is 0 Å². The minimum Gasteiger partial charge on any atom is -0.497 e. The van der Waals surface area contributed by atoms with Crippen molar-refractivity contribution in [3.05, 3.63) is 65.7 Å². The van der Waals surface area contributed by atoms with E-state index in [1.165, 1.54) is 14.0 Å². The number of methoxy groups -OCH3 is 1. The highest BCUT2D eigenvalue weighted by Crippen LogP contribution is 2.20. The van der Waals surface area contributed by atoms with Crippen molar-refractivity contribution in [2.75, 3.05) is 13.7 Å². The lowest BCUT2D eigenvalue weighted by Crippen LogP contribution is -2.60. The second-order valence-corrected chi connectivity index (χ2v) is 6.91. The van der Waals surface area contributed by atoms with Crippen LogP contribution in [0, 0.1) is 0 Å². The van der Waals surface area contributed by atoms with Crippen LogP contribution in [-0.2, 0) is 11.2 Å². The molecule has 2 aromatic carbocycles. The Morgan fingerprint density at radius 2 is 1.72 bits per heavy atom. The first-order chi connectivity index (χ1) is 13.8. The molecule has 0 heterocycles. The minimum atomic E-state index is -1.52. The summed E-state index contributed by atoms with van der Waals surface area (Å²) in [7, 11) is 1.53. The highest BCUT2D eigenvalue weighted by Gasteiger charge is 2.37. The predicted molar refractivity (Wildman–Crippen MR) is 107 cm³/mol. The molecule has 0 bridgehead atoms. The Kier molecular flexibility index (Phi) is 7.58. The van der Waals surface area contributed by atoms with E-state index in [-0.39, 0.29) is 6.42 Å². The van der Waals surface area contributed by atoms with Crippen LogP contribution in [0.15, 0.2) is 54.6 Å². The van der Waals surface area contributed by atoms with E-state index in [9.17, 15) is 24.9 Å². The molecule has 29 heavy (non-hydrogen) atoms. The van der Waals surface area contributed by atoms with Crippen molar-refractivity contribution in [3.8, 4) is 5.75 Å². The average molecular weight is 402 g/mol. The Bertz CT molecular complexity index is 812. The lowest BCUT2D eigenvalue weighted by Gasteiger charge is -2.32. The maximum Gasteiger partial charge on any atom is 0.405 e. The third kappa shape index (κ3) is 5.94. The highest BCUT2D eigenvalue weighted by atomic mass is 16.5. The van der Waals surface area contributed by atoms with E-state index in [0.717, 1.165) is 0 Å². The van der Waals surface area contributed by atoms with E-state index in [1.807, 2.05) is 0 Å². The van der Waals surface area contributed by atoms with Gasteiger partial charge in [-0.2, -0.15) is 0 Å². The summed E-state index contributed by atoms with van der Waals surface area (Å²) in [6.07, 6.45) is -2.45. The second-order valence-electron chi connectivity index (χ2n) is 6.91. The third-order valence-corrected chi connectivity index (χ3v) is 4.64. The molecule has 3 atom stereocenters. The number of ether oxygens (including phenoxy) is 1. The first-order valence-corrected chi connectivity index (χ1v) is 9.08. The van der Waals surface area contributed by atoms with Gasteiger partial charge in [-0.3, -0.25) is 4.79 Å². The Balaban J connectivity index is 2.20. The molecule has 8 nitrogen and oxygen atoms in total. The van der Waals surface area contributed by atoms with Crippen LogP contribution in [0.25, 0.3) is 0 Å². The van der Waals surface area contributed by atoms with Crippen LogP contribution < -0.4 is 15.4 Å². The summed E-state index contributed by atoms with van der Waals surface area (Å²) in [5, 5.41) is 34.2. The summed E-state index contributed by atoms with van der Waals surface area (Å²) in [6.45, 7) is 0.928. The van der Waals surface area contributed by atoms with Gasteiger partial charge >= 0.3 is 6.09 Å². The van der Waals surface area contributed by atoms with E-state index in [2.05, 4.69) is 10.6 Å². The van der Waals surface area contributed by atoms with Crippen molar-refractivity contribution in [1.82, 2.24) is 10.6 Å². The van der Waals surface area contributed by atoms with Crippen LogP contribution in [-0.4, -0.2) is 52.6 Å². The number of benzene rings is 2. The summed E-state index contributed by atoms with van der Waals surface area (Å²) in [5.41, 5.74) is -0.291. The minimum absolute atomic E-state index is 0.0642. The molecule has 0 aliphatic heterocycles. The van der Waals surface area contributed by atoms with Gasteiger partial charge in [-0.25, -0.2) is 4.79 Å². The van der Waals surface area contributed by atoms with Crippen molar-refractivity contribution in [2.24, 2.45) is 0 Å². The van der Waals surface area contributed by atoms with Gasteiger partial charge in [0.25, 0.3) is 0 Å². The van der Waals surface area contributed by atoms with E-state index in [1.54, 1.807) is 54.6 Å². The summed E-state index contributed by atoms with van der Waals surface area (Å²) in [5.74, 6) is -0.0258. The van der Waals surface area contributed by atoms with Gasteiger partial charge in [0.1, 0.15) is 17.4 Å². The van der Waals surface area contributed by atoms with E-state index < -0.39 is 36.3 Å². The number of carbonyl (C=O) groups excluding carboxylic acids is 1. The summed E-state index contributed by atoms with van der Waals surface area (Å²) >= 11 is 0. The van der Waals surface area contributed by atoms with Gasteiger partial charge in [0.15, 0.2) is 0 Å². The molecule has 0 aliphatic carbocycles. The molecule has 0 aliphatic rings. The van der Waals surface area contributed by atoms with Crippen LogP contribution in [0.1, 0.15) is 24.2 Å². The van der Waals surface area contributed by atoms with E-state index >= 15 is 0 Å². The van der Waals surface area contributed by atoms with Crippen LogP contribution in [0.3, 0.4) is 0 Å². The quantitative estimate of drug-likeness (QED) is 0.432. The molecule has 0 aromatic heterocycles. The topological polar surface area (TPSA) is 128 Å². The second kappa shape index (κ2) is 9.90. The van der Waals surface area contributed by atoms with Crippen molar-refractivity contribution in [3.63, 3.8) is 0 Å². The maximum atomic E-state index is 12.9. The zero-order valence-electron chi connectivity index (χ0n) is 16.3. The smallest absolute Gasteiger partial charge is 0.405 e. The average Bonchev–Trinajstić information content (AvgIpc) is 2.71. The van der Waals surface area contributed by atoms with Gasteiger partial charge in [-0.05, 0) is 30.2 Å². The molecule has 0 saturated heterocycles. The fourth-order valence-corrected chi connectivity index (χ4v) is 3.00. The molecule has 0 fully saturated rings. The Labute approximate surface area is 169 Å². The van der Waals surface area contributed by atoms with Gasteiger partial charge in [0.2, 0.25) is 5.91 Å². The van der Waals surface area contributed by atoms with Crippen molar-refractivity contribution >= 4 is 12.0 Å². The molecule has 2 aromatic rings. The number of nitrogens with one attached hydrogen (secondary N) is 2. The SMILES string of the molecule is COc1ccc(CC(C)(NC(=O)O)C(=O)NC(CO)C(O)c2ccccc2)cc1. The monoisotopic (exact) mass is 402 g/mol. The van der Waals surface area contributed by atoms with Crippen molar-refractivity contribution < 1.29 is 29.6 Å². The summed E-state index contributed by atoms with van der Waals surface area (Å²) < 4.78 is 5.10. The number of rotatable bonds is 9. The predicted octanol–water partition coefficient (Wildman–Crippen LogP) is 1.47. The van der Waals surface area contributed by atoms with Crippen LogP contribution >= 0.6 is 0 Å². The Morgan fingerprint density at radius 3 is 2.24 bits per heavy atom. The number of carbonyl (C=O) groups is 2. The summed E-state index contributed by atoms with van der Waals surface area (Å²) in [6, 6.07) is 14.5. The van der Waals surface area contributed by atoms with E-state index in [4.69, 9.17) is 4.74 Å². The molecule has 8 heteroatoms. The fourth-order valence-electron chi connectivity index (χ4n) is 3.00. The maximum absolute atomic E-state index is 12.9. The number of aliphatic hydroxyl groups is 2. The molecule has 0 radical (unpaired) electrons. The largest absolute Gasteiger partial charge is 0.497 e. The normalized spacial score (nSPS) is 14.9. The molecule has 0 spiro atoms. The molecular formula is C21H26N2O6. The van der Waals surface area contributed by atoms with Crippen LogP contribution in [0.5, 0.6) is 5.75 Å². The van der Waals surface area contributed by atoms with Gasteiger partial charge < -0.3 is 30.7 Å². The molecule has 2 rings (SSSR count). The molecule has 156 valence electrons. The lowest BCUT2D eigenvalue weighted by atomic mass is 9.91. The Hall–Kier alpha value is -3.10. The van der Waals surface area contributed by atoms with Gasteiger partial charge in [-0.15, -0.1) is 0 Å². The molecule has 2 amide bonds. The first kappa shape index (κ1) is 22.2. The van der Waals surface area contributed by atoms with Gasteiger partial charge in [0.05, 0.1) is 19.8 Å². The lowest BCUT2D eigenvalue weighted by molar-refractivity contribution is -0.129. The zero-order valence-corrected chi connectivity index (χ0v) is 16.3. The number of aliphatic hydroxyl groups excluding tert-OH is 2. The number of hydrogen-bond donors (Lipinski definition) is 5. The molecule has 0 saturated carbocycles. The first-order valence-electron chi connectivity index (χ1n) is 9.08. The molecule has 3 unspecified atom stereocenters. The van der Waals surface area contributed by atoms with Crippen LogP contribution in [0.4, 0.5) is 4.79 Å². The van der Waals surface area contributed by atoms with Gasteiger partial charge in [-0.1, -0.05) is 42.5 Å². The standard InChI is InChI=1S/C21H26N2O6/c1-21(23-20(27)28,12-14-8-10-16(29-2)11-9-14)19(26)22-17(13-24)18(25)15-6-4-3-5-7-15/h3-11,17-18,23-25H,12-13H2,1-2H3,(H,22,26)(H,27,28). The number of hydrogen-bond acceptors (Lipinski definition) is 5. The number of carboxylic acid groups (broad SMARTS) is 1. The summed E-state index contributed by atoms with van der Waals surface area (Å²) in [4.78, 5) is 24.3. The fraction of sp³-hybridized carbons (Fsp3) is 0.333. The van der Waals surface area contributed by atoms with Gasteiger partial charge in [0, 0.05) is 6.42 Å². The van der Waals surface area contributed by atoms with Crippen LogP contribution in [0.2, 0.25) is 0 Å². The molecular weight excluding hydrogens is 376 g/mol. The highest BCUT2D eigenvalue weighted by molar-refractivity contribution is 5.89. The van der Waals surface area contributed by atoms with Crippen molar-refractivity contribution in [2.45, 2.75) is 31.0 Å². The Morgan fingerprint density at radius 1 is 1.10 bits per heavy atom. The molecule has 5 N–H and O–H groups in total. The van der Waals surface area contributed by atoms with E-state index in [0.29, 0.717) is 16.9 Å². The third-order valence-electron chi connectivity index (χ3n) is 4.64. The number of amides is 2. The zero-order chi connectivity index (χ0) is 21.4.